The van der Waals surface area contributed by atoms with E-state index in [1.54, 1.807) is 0 Å². The molecule has 2 aromatic rings. The van der Waals surface area contributed by atoms with E-state index in [0.717, 1.165) is 29.7 Å². The number of rotatable bonds is 5. The zero-order valence-electron chi connectivity index (χ0n) is 15.4. The number of ketones is 1. The summed E-state index contributed by atoms with van der Waals surface area (Å²) in [5.74, 6) is 1.30. The average Bonchev–Trinajstić information content (AvgIpc) is 2.67. The van der Waals surface area contributed by atoms with Crippen molar-refractivity contribution in [2.45, 2.75) is 50.8 Å². The molecule has 3 nitrogen and oxygen atoms in total. The Kier molecular flexibility index (Phi) is 5.07. The number of nitrogens with zero attached hydrogens (tertiary/aromatic N) is 1. The second-order valence-corrected chi connectivity index (χ2v) is 7.74. The Hall–Kier alpha value is -2.13. The van der Waals surface area contributed by atoms with Gasteiger partial charge in [0, 0.05) is 23.6 Å². The van der Waals surface area contributed by atoms with E-state index in [0.29, 0.717) is 24.5 Å². The molecule has 2 aromatic carbocycles. The maximum absolute atomic E-state index is 13.0. The summed E-state index contributed by atoms with van der Waals surface area (Å²) in [5.41, 5.74) is 1.97. The Morgan fingerprint density at radius 3 is 2.31 bits per heavy atom. The molecule has 26 heavy (non-hydrogen) atoms. The third kappa shape index (κ3) is 3.68. The van der Waals surface area contributed by atoms with Crippen LogP contribution in [0.15, 0.2) is 54.6 Å². The molecule has 0 saturated carbocycles. The van der Waals surface area contributed by atoms with Gasteiger partial charge >= 0.3 is 0 Å². The van der Waals surface area contributed by atoms with Gasteiger partial charge in [0.25, 0.3) is 0 Å². The van der Waals surface area contributed by atoms with Gasteiger partial charge in [-0.2, -0.15) is 0 Å². The first-order chi connectivity index (χ1) is 12.7. The molecule has 2 heterocycles. The molecule has 2 bridgehead atoms. The number of carbonyl (C=O) groups is 1. The summed E-state index contributed by atoms with van der Waals surface area (Å²) in [7, 11) is 2.23. The van der Waals surface area contributed by atoms with Crippen LogP contribution in [0, 0.1) is 5.92 Å². The number of Topliss-reactive ketones (excluding diaryl/α,β-unsaturated/α-hetero) is 1. The molecule has 2 saturated heterocycles. The SMILES string of the molecule is CN1C2CCCC1CC(C(=O)c1ccc(OCc3ccccc3)cc1)C2. The summed E-state index contributed by atoms with van der Waals surface area (Å²) in [6.07, 6.45) is 5.82. The minimum Gasteiger partial charge on any atom is -0.489 e. The van der Waals surface area contributed by atoms with Crippen molar-refractivity contribution in [1.82, 2.24) is 4.90 Å². The number of ether oxygens (including phenoxy) is 1. The minimum atomic E-state index is 0.178. The summed E-state index contributed by atoms with van der Waals surface area (Å²) >= 11 is 0. The fourth-order valence-corrected chi connectivity index (χ4v) is 4.52. The standard InChI is InChI=1S/C23H27NO2/c1-24-20-8-5-9-21(24)15-19(14-20)23(25)18-10-12-22(13-11-18)26-16-17-6-3-2-4-7-17/h2-4,6-7,10-13,19-21H,5,8-9,14-16H2,1H3. The van der Waals surface area contributed by atoms with Crippen molar-refractivity contribution < 1.29 is 9.53 Å². The summed E-state index contributed by atoms with van der Waals surface area (Å²) in [5, 5.41) is 0. The zero-order valence-corrected chi connectivity index (χ0v) is 15.4. The van der Waals surface area contributed by atoms with Gasteiger partial charge in [-0.1, -0.05) is 36.8 Å². The number of benzene rings is 2. The topological polar surface area (TPSA) is 29.5 Å². The summed E-state index contributed by atoms with van der Waals surface area (Å²) in [4.78, 5) is 15.5. The van der Waals surface area contributed by atoms with Crippen LogP contribution < -0.4 is 4.74 Å². The van der Waals surface area contributed by atoms with Gasteiger partial charge in [0.2, 0.25) is 0 Å². The molecular formula is C23H27NO2. The van der Waals surface area contributed by atoms with Gasteiger partial charge in [-0.3, -0.25) is 4.79 Å². The van der Waals surface area contributed by atoms with Crippen molar-refractivity contribution in [1.29, 1.82) is 0 Å². The summed E-state index contributed by atoms with van der Waals surface area (Å²) < 4.78 is 5.83. The lowest BCUT2D eigenvalue weighted by Gasteiger charge is -2.46. The highest BCUT2D eigenvalue weighted by atomic mass is 16.5. The number of hydrogen-bond donors (Lipinski definition) is 0. The molecular weight excluding hydrogens is 322 g/mol. The third-order valence-electron chi connectivity index (χ3n) is 6.10. The fourth-order valence-electron chi connectivity index (χ4n) is 4.52. The molecule has 2 unspecified atom stereocenters. The number of piperidine rings is 2. The molecule has 0 aliphatic carbocycles. The highest BCUT2D eigenvalue weighted by Crippen LogP contribution is 2.37. The van der Waals surface area contributed by atoms with Crippen LogP contribution in [0.5, 0.6) is 5.75 Å². The molecule has 136 valence electrons. The highest BCUT2D eigenvalue weighted by Gasteiger charge is 2.38. The van der Waals surface area contributed by atoms with Gasteiger partial charge in [0.1, 0.15) is 12.4 Å². The lowest BCUT2D eigenvalue weighted by atomic mass is 9.76. The molecule has 0 N–H and O–H groups in total. The maximum Gasteiger partial charge on any atom is 0.166 e. The van der Waals surface area contributed by atoms with Crippen molar-refractivity contribution in [2.75, 3.05) is 7.05 Å². The van der Waals surface area contributed by atoms with Crippen molar-refractivity contribution in [2.24, 2.45) is 5.92 Å². The highest BCUT2D eigenvalue weighted by molar-refractivity contribution is 5.98. The Morgan fingerprint density at radius 1 is 1.00 bits per heavy atom. The van der Waals surface area contributed by atoms with Crippen molar-refractivity contribution >= 4 is 5.78 Å². The second kappa shape index (κ2) is 7.63. The molecule has 2 atom stereocenters. The summed E-state index contributed by atoms with van der Waals surface area (Å²) in [6, 6.07) is 19.0. The normalized spacial score (nSPS) is 25.7. The quantitative estimate of drug-likeness (QED) is 0.732. The molecule has 0 aromatic heterocycles. The van der Waals surface area contributed by atoms with Crippen molar-refractivity contribution in [3.05, 3.63) is 65.7 Å². The predicted octanol–water partition coefficient (Wildman–Crippen LogP) is 4.71. The fraction of sp³-hybridized carbons (Fsp3) is 0.435. The van der Waals surface area contributed by atoms with Gasteiger partial charge in [0.15, 0.2) is 5.78 Å². The molecule has 2 aliphatic heterocycles. The molecule has 0 amide bonds. The van der Waals surface area contributed by atoms with Crippen LogP contribution in [0.25, 0.3) is 0 Å². The van der Waals surface area contributed by atoms with Crippen molar-refractivity contribution in [3.8, 4) is 5.75 Å². The molecule has 4 rings (SSSR count). The maximum atomic E-state index is 13.0. The van der Waals surface area contributed by atoms with Gasteiger partial charge in [-0.15, -0.1) is 0 Å². The van der Waals surface area contributed by atoms with E-state index in [1.165, 1.54) is 19.3 Å². The van der Waals surface area contributed by atoms with E-state index in [1.807, 2.05) is 42.5 Å². The zero-order chi connectivity index (χ0) is 17.9. The van der Waals surface area contributed by atoms with E-state index in [4.69, 9.17) is 4.74 Å². The van der Waals surface area contributed by atoms with Gasteiger partial charge in [0.05, 0.1) is 0 Å². The van der Waals surface area contributed by atoms with Crippen LogP contribution in [0.4, 0.5) is 0 Å². The molecule has 2 aliphatic rings. The minimum absolute atomic E-state index is 0.178. The largest absolute Gasteiger partial charge is 0.489 e. The van der Waals surface area contributed by atoms with Gasteiger partial charge < -0.3 is 9.64 Å². The second-order valence-electron chi connectivity index (χ2n) is 7.74. The lowest BCUT2D eigenvalue weighted by molar-refractivity contribution is 0.0338. The third-order valence-corrected chi connectivity index (χ3v) is 6.10. The molecule has 0 radical (unpaired) electrons. The van der Waals surface area contributed by atoms with Gasteiger partial charge in [-0.05, 0) is 62.6 Å². The first-order valence-electron chi connectivity index (χ1n) is 9.73. The predicted molar refractivity (Wildman–Crippen MR) is 103 cm³/mol. The van der Waals surface area contributed by atoms with Crippen molar-refractivity contribution in [3.63, 3.8) is 0 Å². The van der Waals surface area contributed by atoms with Crippen LogP contribution in [0.3, 0.4) is 0 Å². The first kappa shape index (κ1) is 17.3. The number of hydrogen-bond acceptors (Lipinski definition) is 3. The first-order valence-corrected chi connectivity index (χ1v) is 9.73. The van der Waals surface area contributed by atoms with E-state index in [9.17, 15) is 4.79 Å². The van der Waals surface area contributed by atoms with E-state index < -0.39 is 0 Å². The smallest absolute Gasteiger partial charge is 0.166 e. The Bertz CT molecular complexity index is 727. The van der Waals surface area contributed by atoms with E-state index >= 15 is 0 Å². The van der Waals surface area contributed by atoms with Crippen LogP contribution in [-0.4, -0.2) is 29.8 Å². The molecule has 0 spiro atoms. The van der Waals surface area contributed by atoms with Crippen LogP contribution in [0.1, 0.15) is 48.0 Å². The molecule has 3 heteroatoms. The van der Waals surface area contributed by atoms with Crippen LogP contribution in [-0.2, 0) is 6.61 Å². The van der Waals surface area contributed by atoms with E-state index in [2.05, 4.69) is 24.1 Å². The number of carbonyl (C=O) groups excluding carboxylic acids is 1. The Balaban J connectivity index is 1.38. The molecule has 2 fully saturated rings. The van der Waals surface area contributed by atoms with Crippen LogP contribution >= 0.6 is 0 Å². The Labute approximate surface area is 156 Å². The Morgan fingerprint density at radius 2 is 1.65 bits per heavy atom. The summed E-state index contributed by atoms with van der Waals surface area (Å²) in [6.45, 7) is 0.548. The van der Waals surface area contributed by atoms with Gasteiger partial charge in [-0.25, -0.2) is 0 Å². The monoisotopic (exact) mass is 349 g/mol. The van der Waals surface area contributed by atoms with E-state index in [-0.39, 0.29) is 5.92 Å². The number of fused-ring (bicyclic) bond motifs is 2. The van der Waals surface area contributed by atoms with Crippen LogP contribution in [0.2, 0.25) is 0 Å². The lowest BCUT2D eigenvalue weighted by Crippen LogP contribution is -2.51. The average molecular weight is 349 g/mol.